The summed E-state index contributed by atoms with van der Waals surface area (Å²) in [5.41, 5.74) is 1.21. The van der Waals surface area contributed by atoms with E-state index in [9.17, 15) is 4.79 Å². The number of hydrogen-bond acceptors (Lipinski definition) is 3. The molecule has 0 aliphatic carbocycles. The predicted octanol–water partition coefficient (Wildman–Crippen LogP) is 2.93. The van der Waals surface area contributed by atoms with Crippen molar-refractivity contribution >= 4 is 23.3 Å². The van der Waals surface area contributed by atoms with Crippen molar-refractivity contribution in [1.29, 1.82) is 0 Å². The molecule has 1 atom stereocenters. The van der Waals surface area contributed by atoms with Gasteiger partial charge >= 0.3 is 6.03 Å². The maximum atomic E-state index is 12.3. The summed E-state index contributed by atoms with van der Waals surface area (Å²) in [4.78, 5) is 16.2. The average Bonchev–Trinajstić information content (AvgIpc) is 3.20. The Morgan fingerprint density at radius 1 is 1.29 bits per heavy atom. The van der Waals surface area contributed by atoms with Crippen LogP contribution < -0.4 is 10.6 Å². The van der Waals surface area contributed by atoms with Gasteiger partial charge in [-0.2, -0.15) is 5.10 Å². The lowest BCUT2D eigenvalue weighted by Gasteiger charge is -2.17. The smallest absolute Gasteiger partial charge is 0.319 e. The van der Waals surface area contributed by atoms with Gasteiger partial charge in [0, 0.05) is 37.4 Å². The Morgan fingerprint density at radius 2 is 2.17 bits per heavy atom. The second-order valence-corrected chi connectivity index (χ2v) is 5.75. The lowest BCUT2D eigenvalue weighted by molar-refractivity contribution is 0.248. The number of nitrogens with one attached hydrogen (secondary N) is 2. The summed E-state index contributed by atoms with van der Waals surface area (Å²) in [5.74, 6) is 0. The summed E-state index contributed by atoms with van der Waals surface area (Å²) in [7, 11) is 0. The molecule has 0 aliphatic heterocycles. The number of rotatable bonds is 5. The van der Waals surface area contributed by atoms with Crippen LogP contribution >= 0.6 is 11.6 Å². The number of aromatic nitrogens is 4. The van der Waals surface area contributed by atoms with Gasteiger partial charge in [0.1, 0.15) is 5.69 Å². The number of imidazole rings is 1. The van der Waals surface area contributed by atoms with Crippen molar-refractivity contribution in [2.45, 2.75) is 19.5 Å². The summed E-state index contributed by atoms with van der Waals surface area (Å²) >= 11 is 6.26. The van der Waals surface area contributed by atoms with Gasteiger partial charge in [-0.3, -0.25) is 0 Å². The van der Waals surface area contributed by atoms with Gasteiger partial charge in [0.2, 0.25) is 0 Å². The van der Waals surface area contributed by atoms with Gasteiger partial charge < -0.3 is 15.2 Å². The van der Waals surface area contributed by atoms with Gasteiger partial charge in [0.25, 0.3) is 0 Å². The van der Waals surface area contributed by atoms with Crippen molar-refractivity contribution in [1.82, 2.24) is 24.6 Å². The number of hydrogen-bond donors (Lipinski definition) is 2. The van der Waals surface area contributed by atoms with Gasteiger partial charge in [0.15, 0.2) is 0 Å². The fourth-order valence-electron chi connectivity index (χ4n) is 2.39. The standard InChI is InChI=1S/C16H17ClN6O/c1-12(10-22-9-7-18-11-22)20-16(24)21-14-5-2-4-13(17)15(14)23-8-3-6-19-23/h2-9,11-12H,10H2,1H3,(H2,20,21,24)/t12-/m1/s1. The normalized spacial score (nSPS) is 11.9. The van der Waals surface area contributed by atoms with E-state index in [1.165, 1.54) is 0 Å². The first kappa shape index (κ1) is 16.1. The molecule has 124 valence electrons. The monoisotopic (exact) mass is 344 g/mol. The van der Waals surface area contributed by atoms with E-state index in [0.717, 1.165) is 0 Å². The van der Waals surface area contributed by atoms with Crippen molar-refractivity contribution in [3.05, 3.63) is 60.4 Å². The molecule has 0 unspecified atom stereocenters. The van der Waals surface area contributed by atoms with Crippen LogP contribution in [0.1, 0.15) is 6.92 Å². The van der Waals surface area contributed by atoms with Crippen LogP contribution in [0, 0.1) is 0 Å². The first-order valence-corrected chi connectivity index (χ1v) is 7.83. The molecule has 0 radical (unpaired) electrons. The Hall–Kier alpha value is -2.80. The summed E-state index contributed by atoms with van der Waals surface area (Å²) in [6.45, 7) is 2.56. The minimum atomic E-state index is -0.307. The highest BCUT2D eigenvalue weighted by atomic mass is 35.5. The number of halogens is 1. The fraction of sp³-hybridized carbons (Fsp3) is 0.188. The molecule has 3 rings (SSSR count). The zero-order valence-corrected chi connectivity index (χ0v) is 13.8. The van der Waals surface area contributed by atoms with Crippen LogP contribution in [0.2, 0.25) is 5.02 Å². The molecule has 0 saturated carbocycles. The highest BCUT2D eigenvalue weighted by molar-refractivity contribution is 6.33. The lowest BCUT2D eigenvalue weighted by atomic mass is 10.2. The van der Waals surface area contributed by atoms with Crippen LogP contribution in [0.3, 0.4) is 0 Å². The molecule has 0 spiro atoms. The highest BCUT2D eigenvalue weighted by Crippen LogP contribution is 2.27. The van der Waals surface area contributed by atoms with Gasteiger partial charge in [0.05, 0.1) is 17.0 Å². The van der Waals surface area contributed by atoms with E-state index < -0.39 is 0 Å². The lowest BCUT2D eigenvalue weighted by Crippen LogP contribution is -2.38. The van der Waals surface area contributed by atoms with E-state index in [2.05, 4.69) is 20.7 Å². The molecular weight excluding hydrogens is 328 g/mol. The highest BCUT2D eigenvalue weighted by Gasteiger charge is 2.13. The third-order valence-electron chi connectivity index (χ3n) is 3.39. The van der Waals surface area contributed by atoms with Gasteiger partial charge in [-0.15, -0.1) is 0 Å². The van der Waals surface area contributed by atoms with Crippen LogP contribution in [0.25, 0.3) is 5.69 Å². The number of carbonyl (C=O) groups excluding carboxylic acids is 1. The van der Waals surface area contributed by atoms with E-state index in [1.54, 1.807) is 53.9 Å². The summed E-state index contributed by atoms with van der Waals surface area (Å²) in [6, 6.07) is 6.73. The summed E-state index contributed by atoms with van der Waals surface area (Å²) in [5, 5.41) is 10.4. The number of nitrogens with zero attached hydrogens (tertiary/aromatic N) is 4. The minimum absolute atomic E-state index is 0.0634. The first-order valence-electron chi connectivity index (χ1n) is 7.45. The van der Waals surface area contributed by atoms with Crippen molar-refractivity contribution < 1.29 is 4.79 Å². The summed E-state index contributed by atoms with van der Waals surface area (Å²) in [6.07, 6.45) is 8.69. The molecule has 2 amide bonds. The Balaban J connectivity index is 1.69. The molecule has 0 bridgehead atoms. The maximum absolute atomic E-state index is 12.3. The fourth-order valence-corrected chi connectivity index (χ4v) is 2.65. The van der Waals surface area contributed by atoms with Crippen LogP contribution in [-0.4, -0.2) is 31.4 Å². The maximum Gasteiger partial charge on any atom is 0.319 e. The van der Waals surface area contributed by atoms with E-state index in [1.807, 2.05) is 17.7 Å². The molecule has 8 heteroatoms. The van der Waals surface area contributed by atoms with Crippen LogP contribution in [-0.2, 0) is 6.54 Å². The SMILES string of the molecule is C[C@H](Cn1ccnc1)NC(=O)Nc1cccc(Cl)c1-n1cccn1. The molecule has 2 N–H and O–H groups in total. The van der Waals surface area contributed by atoms with Crippen molar-refractivity contribution in [3.8, 4) is 5.69 Å². The molecule has 3 aromatic rings. The van der Waals surface area contributed by atoms with Gasteiger partial charge in [-0.1, -0.05) is 17.7 Å². The van der Waals surface area contributed by atoms with Gasteiger partial charge in [-0.05, 0) is 25.1 Å². The Kier molecular flexibility index (Phi) is 4.81. The average molecular weight is 345 g/mol. The number of urea groups is 1. The Morgan fingerprint density at radius 3 is 2.88 bits per heavy atom. The zero-order valence-electron chi connectivity index (χ0n) is 13.1. The molecule has 0 aliphatic rings. The van der Waals surface area contributed by atoms with Crippen LogP contribution in [0.4, 0.5) is 10.5 Å². The van der Waals surface area contributed by atoms with E-state index >= 15 is 0 Å². The predicted molar refractivity (Wildman–Crippen MR) is 92.4 cm³/mol. The van der Waals surface area contributed by atoms with E-state index in [-0.39, 0.29) is 12.1 Å². The largest absolute Gasteiger partial charge is 0.335 e. The molecule has 0 fully saturated rings. The van der Waals surface area contributed by atoms with Crippen molar-refractivity contribution in [2.24, 2.45) is 0 Å². The topological polar surface area (TPSA) is 76.8 Å². The molecule has 1 aromatic carbocycles. The number of amides is 2. The quantitative estimate of drug-likeness (QED) is 0.747. The number of carbonyl (C=O) groups is 1. The van der Waals surface area contributed by atoms with Crippen LogP contribution in [0.5, 0.6) is 0 Å². The van der Waals surface area contributed by atoms with Crippen molar-refractivity contribution in [2.75, 3.05) is 5.32 Å². The van der Waals surface area contributed by atoms with E-state index in [4.69, 9.17) is 11.6 Å². The number of para-hydroxylation sites is 1. The molecule has 2 heterocycles. The zero-order chi connectivity index (χ0) is 16.9. The third-order valence-corrected chi connectivity index (χ3v) is 3.69. The second-order valence-electron chi connectivity index (χ2n) is 5.35. The number of benzene rings is 1. The molecular formula is C16H17ClN6O. The summed E-state index contributed by atoms with van der Waals surface area (Å²) < 4.78 is 3.52. The van der Waals surface area contributed by atoms with Crippen molar-refractivity contribution in [3.63, 3.8) is 0 Å². The van der Waals surface area contributed by atoms with Crippen LogP contribution in [0.15, 0.2) is 55.4 Å². The van der Waals surface area contributed by atoms with E-state index in [0.29, 0.717) is 22.9 Å². The van der Waals surface area contributed by atoms with Gasteiger partial charge in [-0.25, -0.2) is 14.5 Å². The molecule has 7 nitrogen and oxygen atoms in total. The molecule has 2 aromatic heterocycles. The molecule has 24 heavy (non-hydrogen) atoms. The Labute approximate surface area is 144 Å². The first-order chi connectivity index (χ1) is 11.6. The number of anilines is 1. The third kappa shape index (κ3) is 3.75. The second kappa shape index (κ2) is 7.18. The molecule has 0 saturated heterocycles. The minimum Gasteiger partial charge on any atom is -0.335 e. The Bertz CT molecular complexity index is 800.